The number of aromatic nitrogens is 1. The number of amides is 1. The Hall–Kier alpha value is -3.34. The molecule has 2 heterocycles. The van der Waals surface area contributed by atoms with Crippen molar-refractivity contribution in [3.05, 3.63) is 83.7 Å². The van der Waals surface area contributed by atoms with E-state index in [0.717, 1.165) is 23.5 Å². The highest BCUT2D eigenvalue weighted by atomic mass is 16.5. The average Bonchev–Trinajstić information content (AvgIpc) is 2.73. The Bertz CT molecular complexity index is 954. The zero-order valence-corrected chi connectivity index (χ0v) is 15.2. The minimum Gasteiger partial charge on any atom is -0.497 e. The van der Waals surface area contributed by atoms with Crippen LogP contribution in [0.25, 0.3) is 0 Å². The molecule has 27 heavy (non-hydrogen) atoms. The Kier molecular flexibility index (Phi) is 4.75. The molecule has 5 nitrogen and oxygen atoms in total. The van der Waals surface area contributed by atoms with Gasteiger partial charge in [0, 0.05) is 30.7 Å². The number of benzene rings is 2. The van der Waals surface area contributed by atoms with E-state index in [9.17, 15) is 4.79 Å². The van der Waals surface area contributed by atoms with Gasteiger partial charge in [-0.2, -0.15) is 0 Å². The van der Waals surface area contributed by atoms with Crippen LogP contribution in [0.5, 0.6) is 5.75 Å². The van der Waals surface area contributed by atoms with Crippen molar-refractivity contribution in [1.29, 1.82) is 0 Å². The molecule has 3 aromatic rings. The summed E-state index contributed by atoms with van der Waals surface area (Å²) < 4.78 is 5.17. The Morgan fingerprint density at radius 1 is 1.04 bits per heavy atom. The maximum atomic E-state index is 12.9. The van der Waals surface area contributed by atoms with Gasteiger partial charge in [0.25, 0.3) is 5.91 Å². The quantitative estimate of drug-likeness (QED) is 0.764. The summed E-state index contributed by atoms with van der Waals surface area (Å²) in [5.41, 5.74) is 4.74. The van der Waals surface area contributed by atoms with E-state index in [0.29, 0.717) is 18.8 Å². The van der Waals surface area contributed by atoms with Crippen molar-refractivity contribution in [2.45, 2.75) is 13.0 Å². The number of anilines is 2. The van der Waals surface area contributed by atoms with Gasteiger partial charge in [0.15, 0.2) is 0 Å². The first-order valence-corrected chi connectivity index (χ1v) is 8.96. The molecular weight excluding hydrogens is 338 g/mol. The molecule has 1 aliphatic rings. The van der Waals surface area contributed by atoms with Gasteiger partial charge in [0.2, 0.25) is 0 Å². The number of carbonyl (C=O) groups excluding carboxylic acids is 1. The highest BCUT2D eigenvalue weighted by Crippen LogP contribution is 2.22. The van der Waals surface area contributed by atoms with Gasteiger partial charge in [-0.1, -0.05) is 24.3 Å². The molecule has 1 aromatic heterocycles. The van der Waals surface area contributed by atoms with E-state index in [1.165, 1.54) is 11.1 Å². The number of fused-ring (bicyclic) bond motifs is 1. The molecule has 0 radical (unpaired) electrons. The topological polar surface area (TPSA) is 54.5 Å². The largest absolute Gasteiger partial charge is 0.497 e. The number of carbonyl (C=O) groups is 1. The van der Waals surface area contributed by atoms with Crippen LogP contribution in [0.15, 0.2) is 66.9 Å². The molecule has 5 heteroatoms. The lowest BCUT2D eigenvalue weighted by atomic mass is 10.00. The van der Waals surface area contributed by atoms with Crippen LogP contribution in [0.3, 0.4) is 0 Å². The highest BCUT2D eigenvalue weighted by molar-refractivity contribution is 5.93. The minimum absolute atomic E-state index is 0.0390. The number of methoxy groups -OCH3 is 1. The van der Waals surface area contributed by atoms with Crippen molar-refractivity contribution in [2.24, 2.45) is 0 Å². The number of nitrogens with one attached hydrogen (secondary N) is 1. The first-order chi connectivity index (χ1) is 13.2. The predicted octanol–water partition coefficient (Wildman–Crippen LogP) is 4.03. The fourth-order valence-electron chi connectivity index (χ4n) is 3.30. The minimum atomic E-state index is -0.0390. The third kappa shape index (κ3) is 3.77. The van der Waals surface area contributed by atoms with Gasteiger partial charge in [-0.05, 0) is 53.9 Å². The van der Waals surface area contributed by atoms with E-state index >= 15 is 0 Å². The summed E-state index contributed by atoms with van der Waals surface area (Å²) in [6, 6.07) is 19.6. The number of pyridine rings is 1. The summed E-state index contributed by atoms with van der Waals surface area (Å²) in [7, 11) is 1.64. The van der Waals surface area contributed by atoms with E-state index in [1.807, 2.05) is 47.4 Å². The van der Waals surface area contributed by atoms with Crippen LogP contribution in [-0.2, 0) is 13.0 Å². The molecule has 0 saturated carbocycles. The lowest BCUT2D eigenvalue weighted by molar-refractivity contribution is 0.0729. The van der Waals surface area contributed by atoms with Crippen molar-refractivity contribution in [2.75, 3.05) is 19.0 Å². The number of rotatable bonds is 4. The Labute approximate surface area is 158 Å². The second-order valence-corrected chi connectivity index (χ2v) is 6.53. The van der Waals surface area contributed by atoms with E-state index in [4.69, 9.17) is 4.74 Å². The van der Waals surface area contributed by atoms with Crippen molar-refractivity contribution in [3.63, 3.8) is 0 Å². The van der Waals surface area contributed by atoms with E-state index in [-0.39, 0.29) is 5.91 Å². The normalized spacial score (nSPS) is 13.0. The van der Waals surface area contributed by atoms with Gasteiger partial charge in [-0.15, -0.1) is 0 Å². The molecule has 0 fully saturated rings. The average molecular weight is 359 g/mol. The van der Waals surface area contributed by atoms with E-state index in [2.05, 4.69) is 22.4 Å². The first kappa shape index (κ1) is 17.1. The van der Waals surface area contributed by atoms with Gasteiger partial charge in [0.1, 0.15) is 11.4 Å². The monoisotopic (exact) mass is 359 g/mol. The second kappa shape index (κ2) is 7.50. The zero-order valence-electron chi connectivity index (χ0n) is 15.2. The van der Waals surface area contributed by atoms with Crippen LogP contribution in [0.2, 0.25) is 0 Å². The van der Waals surface area contributed by atoms with E-state index < -0.39 is 0 Å². The van der Waals surface area contributed by atoms with Crippen LogP contribution >= 0.6 is 0 Å². The molecule has 136 valence electrons. The van der Waals surface area contributed by atoms with Crippen LogP contribution in [0.1, 0.15) is 21.6 Å². The van der Waals surface area contributed by atoms with Gasteiger partial charge in [-0.25, -0.2) is 0 Å². The lowest BCUT2D eigenvalue weighted by Crippen LogP contribution is -2.36. The van der Waals surface area contributed by atoms with Crippen molar-refractivity contribution in [3.8, 4) is 5.75 Å². The third-order valence-electron chi connectivity index (χ3n) is 4.78. The predicted molar refractivity (Wildman–Crippen MR) is 105 cm³/mol. The molecular formula is C22H21N3O2. The van der Waals surface area contributed by atoms with Crippen LogP contribution in [0, 0.1) is 0 Å². The lowest BCUT2D eigenvalue weighted by Gasteiger charge is -2.28. The van der Waals surface area contributed by atoms with Gasteiger partial charge in [0.05, 0.1) is 7.11 Å². The Balaban J connectivity index is 1.49. The Morgan fingerprint density at radius 3 is 2.59 bits per heavy atom. The summed E-state index contributed by atoms with van der Waals surface area (Å²) in [6.45, 7) is 1.35. The summed E-state index contributed by atoms with van der Waals surface area (Å²) in [5, 5.41) is 3.30. The summed E-state index contributed by atoms with van der Waals surface area (Å²) in [6.07, 6.45) is 2.54. The van der Waals surface area contributed by atoms with Crippen molar-refractivity contribution < 1.29 is 9.53 Å². The standard InChI is InChI=1S/C22H21N3O2/c1-27-20-8-6-18(7-9-20)24-19-10-12-23-21(14-19)22(26)25-13-11-16-4-2-3-5-17(16)15-25/h2-10,12,14H,11,13,15H2,1H3,(H,23,24). The molecule has 0 atom stereocenters. The molecule has 0 spiro atoms. The molecule has 4 rings (SSSR count). The maximum Gasteiger partial charge on any atom is 0.272 e. The number of ether oxygens (including phenoxy) is 1. The number of nitrogens with zero attached hydrogens (tertiary/aromatic N) is 2. The second-order valence-electron chi connectivity index (χ2n) is 6.53. The van der Waals surface area contributed by atoms with Crippen LogP contribution < -0.4 is 10.1 Å². The van der Waals surface area contributed by atoms with Crippen molar-refractivity contribution >= 4 is 17.3 Å². The molecule has 1 N–H and O–H groups in total. The van der Waals surface area contributed by atoms with Gasteiger partial charge < -0.3 is 15.0 Å². The molecule has 0 saturated heterocycles. The summed E-state index contributed by atoms with van der Waals surface area (Å²) in [4.78, 5) is 19.1. The van der Waals surface area contributed by atoms with Crippen LogP contribution in [-0.4, -0.2) is 29.4 Å². The molecule has 0 unspecified atom stereocenters. The smallest absolute Gasteiger partial charge is 0.272 e. The third-order valence-corrected chi connectivity index (χ3v) is 4.78. The van der Waals surface area contributed by atoms with E-state index in [1.54, 1.807) is 19.4 Å². The molecule has 1 amide bonds. The maximum absolute atomic E-state index is 12.9. The van der Waals surface area contributed by atoms with Crippen molar-refractivity contribution in [1.82, 2.24) is 9.88 Å². The summed E-state index contributed by atoms with van der Waals surface area (Å²) in [5.74, 6) is 0.763. The molecule has 0 bridgehead atoms. The number of hydrogen-bond acceptors (Lipinski definition) is 4. The van der Waals surface area contributed by atoms with Gasteiger partial charge in [-0.3, -0.25) is 9.78 Å². The fraction of sp³-hybridized carbons (Fsp3) is 0.182. The van der Waals surface area contributed by atoms with Crippen LogP contribution in [0.4, 0.5) is 11.4 Å². The molecule has 0 aliphatic carbocycles. The SMILES string of the molecule is COc1ccc(Nc2ccnc(C(=O)N3CCc4ccccc4C3)c2)cc1. The Morgan fingerprint density at radius 2 is 1.81 bits per heavy atom. The highest BCUT2D eigenvalue weighted by Gasteiger charge is 2.22. The van der Waals surface area contributed by atoms with Gasteiger partial charge >= 0.3 is 0 Å². The molecule has 2 aromatic carbocycles. The summed E-state index contributed by atoms with van der Waals surface area (Å²) >= 11 is 0. The number of hydrogen-bond donors (Lipinski definition) is 1. The molecule has 1 aliphatic heterocycles. The first-order valence-electron chi connectivity index (χ1n) is 8.96. The zero-order chi connectivity index (χ0) is 18.6. The fourth-order valence-corrected chi connectivity index (χ4v) is 3.30.